The third-order valence-electron chi connectivity index (χ3n) is 3.53. The second-order valence-electron chi connectivity index (χ2n) is 5.09. The molecule has 1 saturated heterocycles. The summed E-state index contributed by atoms with van der Waals surface area (Å²) in [5.74, 6) is 1.20. The molecule has 2 heterocycles. The zero-order valence-corrected chi connectivity index (χ0v) is 13.4. The van der Waals surface area contributed by atoms with E-state index in [1.807, 2.05) is 44.2 Å². The van der Waals surface area contributed by atoms with Gasteiger partial charge in [-0.05, 0) is 37.1 Å². The van der Waals surface area contributed by atoms with Gasteiger partial charge >= 0.3 is 0 Å². The molecule has 0 N–H and O–H groups in total. The van der Waals surface area contributed by atoms with E-state index in [2.05, 4.69) is 4.98 Å². The van der Waals surface area contributed by atoms with Crippen LogP contribution in [0, 0.1) is 13.8 Å². The molecule has 0 saturated carbocycles. The largest absolute Gasteiger partial charge is 0.279 e. The normalized spacial score (nSPS) is 18.3. The molecule has 3 rings (SSSR count). The Labute approximate surface area is 133 Å². The number of nitrogens with zero attached hydrogens (tertiary/aromatic N) is 2. The fourth-order valence-electron chi connectivity index (χ4n) is 2.45. The van der Waals surface area contributed by atoms with E-state index in [1.54, 1.807) is 22.9 Å². The minimum Gasteiger partial charge on any atom is -0.279 e. The van der Waals surface area contributed by atoms with Crippen LogP contribution in [0.4, 0.5) is 5.82 Å². The second-order valence-corrected chi connectivity index (χ2v) is 6.57. The summed E-state index contributed by atoms with van der Waals surface area (Å²) in [6.07, 6.45) is 1.78. The smallest absolute Gasteiger partial charge is 0.239 e. The summed E-state index contributed by atoms with van der Waals surface area (Å²) in [6.45, 7) is 4.00. The van der Waals surface area contributed by atoms with E-state index in [0.717, 1.165) is 16.7 Å². The lowest BCUT2D eigenvalue weighted by Crippen LogP contribution is -2.29. The van der Waals surface area contributed by atoms with E-state index in [4.69, 9.17) is 11.6 Å². The van der Waals surface area contributed by atoms with Gasteiger partial charge in [-0.25, -0.2) is 4.98 Å². The molecule has 3 nitrogen and oxygen atoms in total. The van der Waals surface area contributed by atoms with Crippen LogP contribution in [0.25, 0.3) is 0 Å². The van der Waals surface area contributed by atoms with E-state index >= 15 is 0 Å². The van der Waals surface area contributed by atoms with E-state index < -0.39 is 0 Å². The molecule has 2 aromatic rings. The predicted octanol–water partition coefficient (Wildman–Crippen LogP) is 4.13. The van der Waals surface area contributed by atoms with Crippen molar-refractivity contribution in [1.29, 1.82) is 0 Å². The molecule has 21 heavy (non-hydrogen) atoms. The number of aryl methyl sites for hydroxylation is 2. The maximum atomic E-state index is 12.3. The molecule has 5 heteroatoms. The van der Waals surface area contributed by atoms with E-state index in [1.165, 1.54) is 0 Å². The quantitative estimate of drug-likeness (QED) is 0.834. The average molecular weight is 319 g/mol. The standard InChI is InChI=1S/C16H15ClN2OS/c1-10-6-7-13(18-8-10)19-14(20)9-21-16(19)15-11(2)4-3-5-12(15)17/h3-8,16H,9H2,1-2H3. The third-order valence-corrected chi connectivity index (χ3v) is 5.03. The molecular formula is C16H15ClN2OS. The van der Waals surface area contributed by atoms with Crippen molar-refractivity contribution in [3.63, 3.8) is 0 Å². The van der Waals surface area contributed by atoms with Crippen LogP contribution < -0.4 is 4.90 Å². The molecule has 0 radical (unpaired) electrons. The van der Waals surface area contributed by atoms with Crippen LogP contribution in [-0.2, 0) is 4.79 Å². The minimum atomic E-state index is -0.110. The highest BCUT2D eigenvalue weighted by molar-refractivity contribution is 8.00. The number of benzene rings is 1. The molecule has 0 aliphatic carbocycles. The lowest BCUT2D eigenvalue weighted by atomic mass is 10.1. The lowest BCUT2D eigenvalue weighted by molar-refractivity contribution is -0.115. The molecule has 1 aliphatic rings. The molecule has 0 bridgehead atoms. The molecule has 1 fully saturated rings. The zero-order chi connectivity index (χ0) is 15.0. The van der Waals surface area contributed by atoms with Gasteiger partial charge < -0.3 is 0 Å². The van der Waals surface area contributed by atoms with Gasteiger partial charge in [0.15, 0.2) is 0 Å². The van der Waals surface area contributed by atoms with Crippen LogP contribution in [0.3, 0.4) is 0 Å². The predicted molar refractivity (Wildman–Crippen MR) is 87.8 cm³/mol. The zero-order valence-electron chi connectivity index (χ0n) is 11.8. The Kier molecular flexibility index (Phi) is 3.91. The van der Waals surface area contributed by atoms with Crippen LogP contribution in [0.1, 0.15) is 22.1 Å². The van der Waals surface area contributed by atoms with Crippen molar-refractivity contribution >= 4 is 35.1 Å². The number of hydrogen-bond acceptors (Lipinski definition) is 3. The van der Waals surface area contributed by atoms with Crippen LogP contribution in [-0.4, -0.2) is 16.6 Å². The molecule has 0 spiro atoms. The third kappa shape index (κ3) is 2.65. The van der Waals surface area contributed by atoms with Gasteiger partial charge in [0.1, 0.15) is 11.2 Å². The summed E-state index contributed by atoms with van der Waals surface area (Å²) >= 11 is 7.95. The Morgan fingerprint density at radius 1 is 1.29 bits per heavy atom. The molecule has 1 atom stereocenters. The number of amides is 1. The number of hydrogen-bond donors (Lipinski definition) is 0. The Bertz CT molecular complexity index is 667. The highest BCUT2D eigenvalue weighted by atomic mass is 35.5. The SMILES string of the molecule is Cc1ccc(N2C(=O)CSC2c2c(C)cccc2Cl)nc1. The van der Waals surface area contributed by atoms with Crippen molar-refractivity contribution in [3.8, 4) is 0 Å². The van der Waals surface area contributed by atoms with Gasteiger partial charge in [-0.1, -0.05) is 29.8 Å². The number of aromatic nitrogens is 1. The van der Waals surface area contributed by atoms with Crippen LogP contribution in [0.5, 0.6) is 0 Å². The molecule has 1 amide bonds. The maximum Gasteiger partial charge on any atom is 0.239 e. The van der Waals surface area contributed by atoms with Gasteiger partial charge in [-0.3, -0.25) is 9.69 Å². The Balaban J connectivity index is 2.05. The van der Waals surface area contributed by atoms with Crippen LogP contribution in [0.2, 0.25) is 5.02 Å². The first-order valence-corrected chi connectivity index (χ1v) is 8.12. The topological polar surface area (TPSA) is 33.2 Å². The first-order chi connectivity index (χ1) is 10.1. The fraction of sp³-hybridized carbons (Fsp3) is 0.250. The van der Waals surface area contributed by atoms with E-state index in [9.17, 15) is 4.79 Å². The van der Waals surface area contributed by atoms with E-state index in [0.29, 0.717) is 16.6 Å². The Morgan fingerprint density at radius 3 is 2.76 bits per heavy atom. The van der Waals surface area contributed by atoms with Crippen molar-refractivity contribution in [1.82, 2.24) is 4.98 Å². The van der Waals surface area contributed by atoms with Gasteiger partial charge in [0.05, 0.1) is 5.75 Å². The number of carbonyl (C=O) groups is 1. The minimum absolute atomic E-state index is 0.0701. The number of pyridine rings is 1. The first-order valence-electron chi connectivity index (χ1n) is 6.69. The molecule has 1 aromatic heterocycles. The molecule has 1 aliphatic heterocycles. The fourth-order valence-corrected chi connectivity index (χ4v) is 4.13. The molecular weight excluding hydrogens is 304 g/mol. The van der Waals surface area contributed by atoms with E-state index in [-0.39, 0.29) is 11.3 Å². The highest BCUT2D eigenvalue weighted by Gasteiger charge is 2.36. The summed E-state index contributed by atoms with van der Waals surface area (Å²) in [4.78, 5) is 18.4. The van der Waals surface area contributed by atoms with Gasteiger partial charge in [-0.2, -0.15) is 0 Å². The number of carbonyl (C=O) groups excluding carboxylic acids is 1. The van der Waals surface area contributed by atoms with Crippen molar-refractivity contribution in [2.75, 3.05) is 10.7 Å². The van der Waals surface area contributed by atoms with Crippen molar-refractivity contribution < 1.29 is 4.79 Å². The molecule has 1 unspecified atom stereocenters. The summed E-state index contributed by atoms with van der Waals surface area (Å²) < 4.78 is 0. The van der Waals surface area contributed by atoms with Gasteiger partial charge in [0, 0.05) is 16.8 Å². The van der Waals surface area contributed by atoms with Crippen LogP contribution in [0.15, 0.2) is 36.5 Å². The second kappa shape index (κ2) is 5.70. The van der Waals surface area contributed by atoms with Gasteiger partial charge in [0.2, 0.25) is 5.91 Å². The number of halogens is 1. The van der Waals surface area contributed by atoms with Crippen molar-refractivity contribution in [2.24, 2.45) is 0 Å². The Hall–Kier alpha value is -1.52. The first kappa shape index (κ1) is 14.4. The van der Waals surface area contributed by atoms with Gasteiger partial charge in [-0.15, -0.1) is 11.8 Å². The lowest BCUT2D eigenvalue weighted by Gasteiger charge is -2.25. The molecule has 1 aromatic carbocycles. The molecule has 108 valence electrons. The number of thioether (sulfide) groups is 1. The summed E-state index contributed by atoms with van der Waals surface area (Å²) in [5.41, 5.74) is 3.16. The van der Waals surface area contributed by atoms with Crippen LogP contribution >= 0.6 is 23.4 Å². The number of rotatable bonds is 2. The Morgan fingerprint density at radius 2 is 2.10 bits per heavy atom. The van der Waals surface area contributed by atoms with Gasteiger partial charge in [0.25, 0.3) is 0 Å². The monoisotopic (exact) mass is 318 g/mol. The number of anilines is 1. The summed E-state index contributed by atoms with van der Waals surface area (Å²) in [7, 11) is 0. The highest BCUT2D eigenvalue weighted by Crippen LogP contribution is 2.44. The summed E-state index contributed by atoms with van der Waals surface area (Å²) in [5, 5.41) is 0.584. The average Bonchev–Trinajstić information content (AvgIpc) is 2.82. The van der Waals surface area contributed by atoms with Crippen molar-refractivity contribution in [2.45, 2.75) is 19.2 Å². The maximum absolute atomic E-state index is 12.3. The van der Waals surface area contributed by atoms with Crippen molar-refractivity contribution in [3.05, 3.63) is 58.2 Å². The summed E-state index contributed by atoms with van der Waals surface area (Å²) in [6, 6.07) is 9.67.